The third-order valence-electron chi connectivity index (χ3n) is 2.84. The maximum atomic E-state index is 10.8. The second-order valence-electron chi connectivity index (χ2n) is 4.06. The zero-order valence-corrected chi connectivity index (χ0v) is 9.33. The Morgan fingerprint density at radius 1 is 1.47 bits per heavy atom. The number of carboxylic acid groups (broad SMARTS) is 1. The molecule has 90 valence electrons. The molecule has 2 atom stereocenters. The van der Waals surface area contributed by atoms with Gasteiger partial charge in [0.2, 0.25) is 0 Å². The Morgan fingerprint density at radius 2 is 2.12 bits per heavy atom. The van der Waals surface area contributed by atoms with Gasteiger partial charge < -0.3 is 15.1 Å². The van der Waals surface area contributed by atoms with Crippen LogP contribution in [0.2, 0.25) is 0 Å². The Hall–Kier alpha value is -2.04. The van der Waals surface area contributed by atoms with Crippen LogP contribution in [0.5, 0.6) is 5.75 Å². The van der Waals surface area contributed by atoms with E-state index in [1.807, 2.05) is 0 Å². The summed E-state index contributed by atoms with van der Waals surface area (Å²) in [6.45, 7) is 1.60. The van der Waals surface area contributed by atoms with Crippen molar-refractivity contribution in [3.05, 3.63) is 29.8 Å². The summed E-state index contributed by atoms with van der Waals surface area (Å²) in [5.41, 5.74) is 1.55. The summed E-state index contributed by atoms with van der Waals surface area (Å²) >= 11 is 0. The smallest absolute Gasteiger partial charge is 0.310 e. The van der Waals surface area contributed by atoms with E-state index in [-0.39, 0.29) is 5.75 Å². The first kappa shape index (κ1) is 11.4. The predicted octanol–water partition coefficient (Wildman–Crippen LogP) is 1.61. The van der Waals surface area contributed by atoms with Gasteiger partial charge in [-0.2, -0.15) is 0 Å². The maximum Gasteiger partial charge on any atom is 0.310 e. The van der Waals surface area contributed by atoms with Crippen LogP contribution in [0.15, 0.2) is 29.4 Å². The molecule has 0 spiro atoms. The molecule has 1 heterocycles. The molecule has 0 saturated carbocycles. The van der Waals surface area contributed by atoms with Crippen molar-refractivity contribution in [3.8, 4) is 5.75 Å². The third kappa shape index (κ3) is 2.38. The van der Waals surface area contributed by atoms with Gasteiger partial charge in [-0.25, -0.2) is 0 Å². The number of phenols is 1. The van der Waals surface area contributed by atoms with Crippen LogP contribution in [-0.4, -0.2) is 28.0 Å². The van der Waals surface area contributed by atoms with E-state index in [2.05, 4.69) is 5.16 Å². The third-order valence-corrected chi connectivity index (χ3v) is 2.84. The van der Waals surface area contributed by atoms with Crippen LogP contribution in [0.3, 0.4) is 0 Å². The van der Waals surface area contributed by atoms with Gasteiger partial charge in [-0.05, 0) is 36.8 Å². The molecular formula is C12H13NO4. The molecule has 17 heavy (non-hydrogen) atoms. The summed E-state index contributed by atoms with van der Waals surface area (Å²) in [6.07, 6.45) is 0.0504. The fourth-order valence-electron chi connectivity index (χ4n) is 1.65. The zero-order valence-electron chi connectivity index (χ0n) is 9.33. The van der Waals surface area contributed by atoms with Gasteiger partial charge in [0.1, 0.15) is 11.9 Å². The predicted molar refractivity (Wildman–Crippen MR) is 60.9 cm³/mol. The maximum absolute atomic E-state index is 10.8. The number of carbonyl (C=O) groups is 1. The Morgan fingerprint density at radius 3 is 2.71 bits per heavy atom. The lowest BCUT2D eigenvalue weighted by atomic mass is 9.97. The summed E-state index contributed by atoms with van der Waals surface area (Å²) < 4.78 is 0. The SMILES string of the molecule is CC(C(=O)O)C1CC(c2ccc(O)cc2)=NO1. The molecule has 1 aliphatic rings. The zero-order chi connectivity index (χ0) is 12.4. The van der Waals surface area contributed by atoms with Gasteiger partial charge >= 0.3 is 5.97 Å². The van der Waals surface area contributed by atoms with E-state index in [0.717, 1.165) is 5.56 Å². The van der Waals surface area contributed by atoms with E-state index in [1.54, 1.807) is 31.2 Å². The topological polar surface area (TPSA) is 79.1 Å². The molecule has 0 fully saturated rings. The molecule has 5 heteroatoms. The lowest BCUT2D eigenvalue weighted by Gasteiger charge is -2.11. The molecule has 2 N–H and O–H groups in total. The first-order valence-corrected chi connectivity index (χ1v) is 5.33. The number of oxime groups is 1. The molecule has 0 amide bonds. The standard InChI is InChI=1S/C12H13NO4/c1-7(12(15)16)11-6-10(13-17-11)8-2-4-9(14)5-3-8/h2-5,7,11,14H,6H2,1H3,(H,15,16). The fourth-order valence-corrected chi connectivity index (χ4v) is 1.65. The molecule has 1 aromatic rings. The molecule has 0 saturated heterocycles. The minimum Gasteiger partial charge on any atom is -0.508 e. The lowest BCUT2D eigenvalue weighted by molar-refractivity contribution is -0.145. The van der Waals surface area contributed by atoms with Crippen molar-refractivity contribution in [2.24, 2.45) is 11.1 Å². The molecule has 1 aliphatic heterocycles. The summed E-state index contributed by atoms with van der Waals surface area (Å²) in [6, 6.07) is 6.58. The second-order valence-corrected chi connectivity index (χ2v) is 4.06. The van der Waals surface area contributed by atoms with E-state index >= 15 is 0 Å². The van der Waals surface area contributed by atoms with Crippen LogP contribution in [0, 0.1) is 5.92 Å². The van der Waals surface area contributed by atoms with Crippen molar-refractivity contribution in [2.45, 2.75) is 19.4 Å². The Labute approximate surface area is 98.3 Å². The highest BCUT2D eigenvalue weighted by Crippen LogP contribution is 2.23. The Kier molecular flexibility index (Phi) is 2.99. The largest absolute Gasteiger partial charge is 0.508 e. The molecular weight excluding hydrogens is 222 g/mol. The molecule has 5 nitrogen and oxygen atoms in total. The number of benzene rings is 1. The lowest BCUT2D eigenvalue weighted by Crippen LogP contribution is -2.25. The molecule has 0 bridgehead atoms. The van der Waals surface area contributed by atoms with E-state index in [9.17, 15) is 4.79 Å². The van der Waals surface area contributed by atoms with E-state index in [0.29, 0.717) is 12.1 Å². The number of rotatable bonds is 3. The van der Waals surface area contributed by atoms with E-state index < -0.39 is 18.0 Å². The minimum atomic E-state index is -0.892. The fraction of sp³-hybridized carbons (Fsp3) is 0.333. The van der Waals surface area contributed by atoms with Crippen molar-refractivity contribution < 1.29 is 19.8 Å². The Balaban J connectivity index is 2.07. The van der Waals surface area contributed by atoms with Gasteiger partial charge in [-0.3, -0.25) is 4.79 Å². The molecule has 1 aromatic carbocycles. The summed E-state index contributed by atoms with van der Waals surface area (Å²) in [5.74, 6) is -1.30. The minimum absolute atomic E-state index is 0.184. The average Bonchev–Trinajstić information content (AvgIpc) is 2.78. The Bertz CT molecular complexity index is 452. The van der Waals surface area contributed by atoms with Gasteiger partial charge in [0.25, 0.3) is 0 Å². The van der Waals surface area contributed by atoms with Gasteiger partial charge in [0.15, 0.2) is 0 Å². The molecule has 0 aliphatic carbocycles. The van der Waals surface area contributed by atoms with Crippen LogP contribution >= 0.6 is 0 Å². The first-order valence-electron chi connectivity index (χ1n) is 5.33. The molecule has 0 aromatic heterocycles. The number of carboxylic acids is 1. The molecule has 2 rings (SSSR count). The summed E-state index contributed by atoms with van der Waals surface area (Å²) in [4.78, 5) is 15.9. The van der Waals surface area contributed by atoms with Crippen molar-refractivity contribution >= 4 is 11.7 Å². The second kappa shape index (κ2) is 4.45. The van der Waals surface area contributed by atoms with E-state index in [4.69, 9.17) is 15.1 Å². The van der Waals surface area contributed by atoms with Crippen LogP contribution in [0.4, 0.5) is 0 Å². The normalized spacial score (nSPS) is 20.5. The average molecular weight is 235 g/mol. The number of hydrogen-bond acceptors (Lipinski definition) is 4. The van der Waals surface area contributed by atoms with Gasteiger partial charge in [-0.15, -0.1) is 0 Å². The monoisotopic (exact) mass is 235 g/mol. The van der Waals surface area contributed by atoms with Crippen molar-refractivity contribution in [3.63, 3.8) is 0 Å². The highest BCUT2D eigenvalue weighted by molar-refractivity contribution is 6.01. The van der Waals surface area contributed by atoms with Gasteiger partial charge in [0.05, 0.1) is 11.6 Å². The van der Waals surface area contributed by atoms with Crippen molar-refractivity contribution in [1.29, 1.82) is 0 Å². The van der Waals surface area contributed by atoms with Crippen molar-refractivity contribution in [2.75, 3.05) is 0 Å². The number of aliphatic carboxylic acids is 1. The van der Waals surface area contributed by atoms with Crippen LogP contribution in [0.1, 0.15) is 18.9 Å². The van der Waals surface area contributed by atoms with Crippen LogP contribution < -0.4 is 0 Å². The summed E-state index contributed by atoms with van der Waals surface area (Å²) in [5, 5.41) is 21.9. The van der Waals surface area contributed by atoms with Crippen LogP contribution in [0.25, 0.3) is 0 Å². The first-order chi connectivity index (χ1) is 8.08. The summed E-state index contributed by atoms with van der Waals surface area (Å²) in [7, 11) is 0. The highest BCUT2D eigenvalue weighted by Gasteiger charge is 2.31. The van der Waals surface area contributed by atoms with E-state index in [1.165, 1.54) is 0 Å². The molecule has 0 radical (unpaired) electrons. The van der Waals surface area contributed by atoms with Gasteiger partial charge in [0, 0.05) is 6.42 Å². The van der Waals surface area contributed by atoms with Crippen molar-refractivity contribution in [1.82, 2.24) is 0 Å². The van der Waals surface area contributed by atoms with Gasteiger partial charge in [-0.1, -0.05) is 5.16 Å². The number of aromatic hydroxyl groups is 1. The number of nitrogens with zero attached hydrogens (tertiary/aromatic N) is 1. The highest BCUT2D eigenvalue weighted by atomic mass is 16.6. The quantitative estimate of drug-likeness (QED) is 0.834. The number of phenolic OH excluding ortho intramolecular Hbond substituents is 1. The van der Waals surface area contributed by atoms with Crippen LogP contribution in [-0.2, 0) is 9.63 Å². The number of hydrogen-bond donors (Lipinski definition) is 2. The molecule has 2 unspecified atom stereocenters.